The molecule has 0 saturated heterocycles. The molecule has 1 amide bonds. The van der Waals surface area contributed by atoms with E-state index in [4.69, 9.17) is 0 Å². The number of benzene rings is 3. The molecule has 7 nitrogen and oxygen atoms in total. The first-order valence-corrected chi connectivity index (χ1v) is 10.2. The Morgan fingerprint density at radius 1 is 1.06 bits per heavy atom. The molecule has 4 aromatic rings. The van der Waals surface area contributed by atoms with Crippen molar-refractivity contribution in [2.75, 3.05) is 5.32 Å². The molecule has 0 bridgehead atoms. The first kappa shape index (κ1) is 21.0. The molecular formula is C25H23N4O3+. The second kappa shape index (κ2) is 8.85. The van der Waals surface area contributed by atoms with E-state index in [1.54, 1.807) is 42.5 Å². The Kier molecular flexibility index (Phi) is 5.81. The normalized spacial score (nSPS) is 11.3. The van der Waals surface area contributed by atoms with Crippen molar-refractivity contribution in [2.24, 2.45) is 5.18 Å². The highest BCUT2D eigenvalue weighted by atomic mass is 16.5. The molecule has 0 atom stereocenters. The van der Waals surface area contributed by atoms with Gasteiger partial charge in [0.25, 0.3) is 0 Å². The fourth-order valence-electron chi connectivity index (χ4n) is 3.41. The molecule has 1 heterocycles. The number of hydrogen-bond donors (Lipinski definition) is 3. The molecule has 3 aromatic carbocycles. The molecule has 32 heavy (non-hydrogen) atoms. The molecule has 0 unspecified atom stereocenters. The van der Waals surface area contributed by atoms with Crippen molar-refractivity contribution < 1.29 is 14.7 Å². The van der Waals surface area contributed by atoms with E-state index in [9.17, 15) is 14.9 Å². The van der Waals surface area contributed by atoms with Crippen molar-refractivity contribution in [1.29, 1.82) is 0 Å². The van der Waals surface area contributed by atoms with Crippen molar-refractivity contribution in [3.8, 4) is 11.4 Å². The lowest BCUT2D eigenvalue weighted by atomic mass is 10.0. The van der Waals surface area contributed by atoms with E-state index in [-0.39, 0.29) is 11.6 Å². The van der Waals surface area contributed by atoms with Crippen LogP contribution in [-0.4, -0.2) is 16.1 Å². The van der Waals surface area contributed by atoms with Crippen LogP contribution >= 0.6 is 0 Å². The maximum Gasteiger partial charge on any atom is 0.327 e. The van der Waals surface area contributed by atoms with Gasteiger partial charge in [0.1, 0.15) is 5.69 Å². The van der Waals surface area contributed by atoms with Crippen LogP contribution < -0.4 is 10.0 Å². The molecule has 0 saturated carbocycles. The lowest BCUT2D eigenvalue weighted by Crippen LogP contribution is -2.30. The summed E-state index contributed by atoms with van der Waals surface area (Å²) in [5.41, 5.74) is 4.90. The van der Waals surface area contributed by atoms with E-state index in [0.717, 1.165) is 10.3 Å². The van der Waals surface area contributed by atoms with Crippen LogP contribution in [0.2, 0.25) is 0 Å². The van der Waals surface area contributed by atoms with E-state index < -0.39 is 0 Å². The van der Waals surface area contributed by atoms with Gasteiger partial charge in [0.15, 0.2) is 5.52 Å². The number of H-pyrrole nitrogens is 1. The molecular weight excluding hydrogens is 404 g/mol. The molecule has 0 aliphatic rings. The number of aromatic nitrogens is 2. The number of fused-ring (bicyclic) bond motifs is 1. The minimum absolute atomic E-state index is 0.229. The largest absolute Gasteiger partial charge is 0.349 e. The minimum atomic E-state index is -0.234. The fraction of sp³-hybridized carbons (Fsp3) is 0.120. The summed E-state index contributed by atoms with van der Waals surface area (Å²) in [5.74, 6) is 0.683. The number of imidazole rings is 1. The van der Waals surface area contributed by atoms with Crippen LogP contribution in [0.15, 0.2) is 78.0 Å². The van der Waals surface area contributed by atoms with Crippen molar-refractivity contribution in [2.45, 2.75) is 19.8 Å². The smallest absolute Gasteiger partial charge is 0.327 e. The SMILES string of the molecule is CC(C)c1ccc(/C=C/C(=O)Nc2ccc(-c3[nH]c4ccc(N=O)cc4[n+]3O)cc2)cc1. The van der Waals surface area contributed by atoms with E-state index in [1.165, 1.54) is 17.7 Å². The molecule has 3 N–H and O–H groups in total. The zero-order valence-corrected chi connectivity index (χ0v) is 17.7. The monoisotopic (exact) mass is 427 g/mol. The number of hydrogen-bond acceptors (Lipinski definition) is 4. The van der Waals surface area contributed by atoms with Gasteiger partial charge in [-0.25, -0.2) is 4.98 Å². The van der Waals surface area contributed by atoms with Gasteiger partial charge < -0.3 is 10.5 Å². The quantitative estimate of drug-likeness (QED) is 0.163. The number of nitrogens with one attached hydrogen (secondary N) is 2. The molecule has 0 aliphatic heterocycles. The summed E-state index contributed by atoms with van der Waals surface area (Å²) in [4.78, 5) is 26.1. The van der Waals surface area contributed by atoms with Gasteiger partial charge in [0.2, 0.25) is 11.4 Å². The van der Waals surface area contributed by atoms with Gasteiger partial charge >= 0.3 is 5.82 Å². The number of rotatable bonds is 6. The second-order valence-corrected chi connectivity index (χ2v) is 7.80. The molecule has 7 heteroatoms. The summed E-state index contributed by atoms with van der Waals surface area (Å²) in [7, 11) is 0. The van der Waals surface area contributed by atoms with Gasteiger partial charge in [-0.15, -0.1) is 4.91 Å². The van der Waals surface area contributed by atoms with Gasteiger partial charge in [-0.2, -0.15) is 0 Å². The molecule has 0 fully saturated rings. The molecule has 0 spiro atoms. The number of aromatic amines is 1. The number of amides is 1. The number of nitrogens with zero attached hydrogens (tertiary/aromatic N) is 2. The van der Waals surface area contributed by atoms with Crippen LogP contribution in [0.1, 0.15) is 30.9 Å². The van der Waals surface area contributed by atoms with Crippen LogP contribution in [0.25, 0.3) is 28.5 Å². The fourth-order valence-corrected chi connectivity index (χ4v) is 3.41. The van der Waals surface area contributed by atoms with Gasteiger partial charge in [-0.05, 0) is 69.4 Å². The Hall–Kier alpha value is -4.26. The van der Waals surface area contributed by atoms with E-state index in [1.807, 2.05) is 12.1 Å². The zero-order chi connectivity index (χ0) is 22.7. The molecule has 0 radical (unpaired) electrons. The number of nitroso groups, excluding NO2 is 1. The molecule has 0 aliphatic carbocycles. The molecule has 4 rings (SSSR count). The predicted octanol–water partition coefficient (Wildman–Crippen LogP) is 5.53. The first-order chi connectivity index (χ1) is 15.4. The lowest BCUT2D eigenvalue weighted by Gasteiger charge is -2.05. The standard InChI is InChI=1S/C25H22N4O3/c1-16(2)18-6-3-17(4-7-18)5-14-24(30)26-20-10-8-19(9-11-20)25-27-22-13-12-21(28-31)15-23(22)29(25)32/h3-16,32H,1-2H3,(H,26,27,30,31)/p+1/b14-5+. The maximum atomic E-state index is 12.3. The van der Waals surface area contributed by atoms with Crippen molar-refractivity contribution in [3.63, 3.8) is 0 Å². The van der Waals surface area contributed by atoms with Crippen LogP contribution in [0.4, 0.5) is 11.4 Å². The lowest BCUT2D eigenvalue weighted by molar-refractivity contribution is -0.875. The summed E-state index contributed by atoms with van der Waals surface area (Å²) in [6.07, 6.45) is 3.27. The average molecular weight is 427 g/mol. The Bertz CT molecular complexity index is 1300. The van der Waals surface area contributed by atoms with Crippen molar-refractivity contribution >= 4 is 34.4 Å². The summed E-state index contributed by atoms with van der Waals surface area (Å²) in [6, 6.07) is 19.9. The highest BCUT2D eigenvalue weighted by molar-refractivity contribution is 6.02. The summed E-state index contributed by atoms with van der Waals surface area (Å²) >= 11 is 0. The van der Waals surface area contributed by atoms with Crippen LogP contribution in [0.5, 0.6) is 0 Å². The van der Waals surface area contributed by atoms with Crippen LogP contribution in [-0.2, 0) is 4.79 Å². The third-order valence-corrected chi connectivity index (χ3v) is 5.24. The third-order valence-electron chi connectivity index (χ3n) is 5.24. The number of anilines is 1. The minimum Gasteiger partial charge on any atom is -0.349 e. The Morgan fingerprint density at radius 3 is 2.44 bits per heavy atom. The number of carbonyl (C=O) groups excluding carboxylic acids is 1. The van der Waals surface area contributed by atoms with E-state index >= 15 is 0 Å². The van der Waals surface area contributed by atoms with Crippen LogP contribution in [0.3, 0.4) is 0 Å². The van der Waals surface area contributed by atoms with Gasteiger partial charge in [-0.3, -0.25) is 4.79 Å². The summed E-state index contributed by atoms with van der Waals surface area (Å²) < 4.78 is 0.977. The highest BCUT2D eigenvalue weighted by Crippen LogP contribution is 2.23. The second-order valence-electron chi connectivity index (χ2n) is 7.80. The van der Waals surface area contributed by atoms with Gasteiger partial charge in [-0.1, -0.05) is 38.1 Å². The zero-order valence-electron chi connectivity index (χ0n) is 17.7. The molecule has 160 valence electrons. The average Bonchev–Trinajstić information content (AvgIpc) is 3.14. The Morgan fingerprint density at radius 2 is 1.78 bits per heavy atom. The van der Waals surface area contributed by atoms with Crippen molar-refractivity contribution in [1.82, 2.24) is 4.98 Å². The highest BCUT2D eigenvalue weighted by Gasteiger charge is 2.20. The maximum absolute atomic E-state index is 12.3. The molecule has 1 aromatic heterocycles. The van der Waals surface area contributed by atoms with Gasteiger partial charge in [0, 0.05) is 17.8 Å². The Labute approximate surface area is 185 Å². The first-order valence-electron chi connectivity index (χ1n) is 10.2. The number of carbonyl (C=O) groups is 1. The summed E-state index contributed by atoms with van der Waals surface area (Å²) in [5, 5.41) is 16.2. The Balaban J connectivity index is 1.46. The predicted molar refractivity (Wildman–Crippen MR) is 125 cm³/mol. The third kappa shape index (κ3) is 4.41. The van der Waals surface area contributed by atoms with Crippen molar-refractivity contribution in [3.05, 3.63) is 88.8 Å². The van der Waals surface area contributed by atoms with E-state index in [2.05, 4.69) is 41.5 Å². The summed E-state index contributed by atoms with van der Waals surface area (Å²) in [6.45, 7) is 4.28. The van der Waals surface area contributed by atoms with Crippen LogP contribution in [0, 0.1) is 4.91 Å². The topological polar surface area (TPSA) is 98.4 Å². The van der Waals surface area contributed by atoms with E-state index in [0.29, 0.717) is 34.0 Å². The van der Waals surface area contributed by atoms with Gasteiger partial charge in [0.05, 0.1) is 5.56 Å².